The van der Waals surface area contributed by atoms with Gasteiger partial charge in [0.1, 0.15) is 11.2 Å². The highest BCUT2D eigenvalue weighted by atomic mass is 16.3. The van der Waals surface area contributed by atoms with Gasteiger partial charge in [-0.05, 0) is 83.9 Å². The Morgan fingerprint density at radius 3 is 1.63 bits per heavy atom. The highest BCUT2D eigenvalue weighted by Gasteiger charge is 2.22. The van der Waals surface area contributed by atoms with Crippen molar-refractivity contribution in [3.05, 3.63) is 212 Å². The van der Waals surface area contributed by atoms with Crippen molar-refractivity contribution in [2.45, 2.75) is 0 Å². The van der Waals surface area contributed by atoms with Crippen LogP contribution in [0.3, 0.4) is 0 Å². The van der Waals surface area contributed by atoms with Crippen molar-refractivity contribution in [1.82, 2.24) is 24.1 Å². The second-order valence-corrected chi connectivity index (χ2v) is 16.0. The molecule has 0 bridgehead atoms. The van der Waals surface area contributed by atoms with E-state index in [-0.39, 0.29) is 0 Å². The third kappa shape index (κ3) is 5.55. The summed E-state index contributed by atoms with van der Waals surface area (Å²) in [6, 6.07) is 74.5. The molecular weight excluding hydrogens is 771 g/mol. The van der Waals surface area contributed by atoms with Gasteiger partial charge in [0.15, 0.2) is 17.5 Å². The van der Waals surface area contributed by atoms with Crippen molar-refractivity contribution < 1.29 is 4.42 Å². The van der Waals surface area contributed by atoms with E-state index in [1.807, 2.05) is 42.5 Å². The number of nitrogens with zero attached hydrogens (tertiary/aromatic N) is 5. The molecule has 0 N–H and O–H groups in total. The molecule has 0 aliphatic carbocycles. The van der Waals surface area contributed by atoms with E-state index in [0.717, 1.165) is 88.5 Å². The highest BCUT2D eigenvalue weighted by Crippen LogP contribution is 2.41. The number of hydrogen-bond acceptors (Lipinski definition) is 4. The van der Waals surface area contributed by atoms with Gasteiger partial charge >= 0.3 is 0 Å². The van der Waals surface area contributed by atoms with E-state index in [0.29, 0.717) is 17.5 Å². The first-order valence-corrected chi connectivity index (χ1v) is 21.2. The van der Waals surface area contributed by atoms with Crippen LogP contribution in [0.15, 0.2) is 217 Å². The first-order valence-electron chi connectivity index (χ1n) is 21.2. The second kappa shape index (κ2) is 14.0. The molecule has 294 valence electrons. The largest absolute Gasteiger partial charge is 0.456 e. The molecule has 4 heterocycles. The molecule has 0 unspecified atom stereocenters. The zero-order chi connectivity index (χ0) is 41.4. The van der Waals surface area contributed by atoms with E-state index in [4.69, 9.17) is 19.4 Å². The van der Waals surface area contributed by atoms with Crippen molar-refractivity contribution in [3.8, 4) is 56.7 Å². The summed E-state index contributed by atoms with van der Waals surface area (Å²) in [5.74, 6) is 1.79. The van der Waals surface area contributed by atoms with Gasteiger partial charge in [-0.15, -0.1) is 0 Å². The van der Waals surface area contributed by atoms with Crippen LogP contribution >= 0.6 is 0 Å². The molecule has 0 saturated carbocycles. The van der Waals surface area contributed by atoms with Crippen molar-refractivity contribution in [2.24, 2.45) is 0 Å². The van der Waals surface area contributed by atoms with Gasteiger partial charge in [0.2, 0.25) is 0 Å². The average molecular weight is 806 g/mol. The maximum Gasteiger partial charge on any atom is 0.164 e. The molecule has 4 aromatic heterocycles. The van der Waals surface area contributed by atoms with Crippen molar-refractivity contribution in [2.75, 3.05) is 0 Å². The van der Waals surface area contributed by atoms with Crippen LogP contribution in [0.1, 0.15) is 0 Å². The molecule has 9 aromatic carbocycles. The van der Waals surface area contributed by atoms with Crippen LogP contribution < -0.4 is 0 Å². The molecule has 63 heavy (non-hydrogen) atoms. The highest BCUT2D eigenvalue weighted by molar-refractivity contribution is 6.15. The molecule has 0 fully saturated rings. The Morgan fingerprint density at radius 2 is 0.857 bits per heavy atom. The predicted molar refractivity (Wildman–Crippen MR) is 258 cm³/mol. The van der Waals surface area contributed by atoms with Gasteiger partial charge in [0.25, 0.3) is 0 Å². The number of hydrogen-bond donors (Lipinski definition) is 0. The lowest BCUT2D eigenvalue weighted by Crippen LogP contribution is -2.01. The SMILES string of the molecule is c1ccc(-c2ccccc2-c2nc(-c3ccc4oc5ccccc5c4c3)nc(-c3ccc4c(c3)c3ccccc3n4-c3cccc4c5ccccc5n(-c5ccccc5)c34)n2)cc1. The molecule has 0 aliphatic rings. The Hall–Kier alpha value is -8.61. The Morgan fingerprint density at radius 1 is 0.317 bits per heavy atom. The van der Waals surface area contributed by atoms with Crippen molar-refractivity contribution in [3.63, 3.8) is 0 Å². The van der Waals surface area contributed by atoms with E-state index in [2.05, 4.69) is 179 Å². The minimum absolute atomic E-state index is 0.591. The zero-order valence-electron chi connectivity index (χ0n) is 33.9. The molecular formula is C57H35N5O. The summed E-state index contributed by atoms with van der Waals surface area (Å²) < 4.78 is 11.0. The number of benzene rings is 9. The van der Waals surface area contributed by atoms with Gasteiger partial charge in [-0.1, -0.05) is 140 Å². The molecule has 6 heteroatoms. The maximum absolute atomic E-state index is 6.22. The number of para-hydroxylation sites is 5. The average Bonchev–Trinajstić information content (AvgIpc) is 4.02. The standard InChI is InChI=1S/C57H35N5O/c1-3-16-36(17-4-1)40-20-7-8-24-45(40)57-59-55(58-56(60-57)38-31-33-53-47(35-38)43-23-11-14-29-52(43)63-53)37-30-32-50-46(34-37)42-22-10-13-27-49(42)62(50)51-28-15-25-44-41-21-9-12-26-48(41)61(54(44)51)39-18-5-2-6-19-39/h1-35H. The lowest BCUT2D eigenvalue weighted by molar-refractivity contribution is 0.669. The zero-order valence-corrected chi connectivity index (χ0v) is 33.9. The van der Waals surface area contributed by atoms with Crippen LogP contribution in [-0.2, 0) is 0 Å². The lowest BCUT2D eigenvalue weighted by Gasteiger charge is -2.14. The third-order valence-electron chi connectivity index (χ3n) is 12.4. The second-order valence-electron chi connectivity index (χ2n) is 16.0. The monoisotopic (exact) mass is 805 g/mol. The van der Waals surface area contributed by atoms with E-state index in [1.165, 1.54) is 16.3 Å². The van der Waals surface area contributed by atoms with Crippen molar-refractivity contribution in [1.29, 1.82) is 0 Å². The van der Waals surface area contributed by atoms with E-state index >= 15 is 0 Å². The first kappa shape index (κ1) is 35.2. The van der Waals surface area contributed by atoms with E-state index in [9.17, 15) is 0 Å². The van der Waals surface area contributed by atoms with Crippen LogP contribution in [0.4, 0.5) is 0 Å². The van der Waals surface area contributed by atoms with Gasteiger partial charge in [-0.25, -0.2) is 15.0 Å². The fourth-order valence-corrected chi connectivity index (χ4v) is 9.57. The summed E-state index contributed by atoms with van der Waals surface area (Å²) in [5, 5.41) is 6.76. The van der Waals surface area contributed by atoms with Gasteiger partial charge < -0.3 is 13.6 Å². The van der Waals surface area contributed by atoms with Crippen molar-refractivity contribution >= 4 is 65.6 Å². The molecule has 13 rings (SSSR count). The van der Waals surface area contributed by atoms with Gasteiger partial charge in [0, 0.05) is 54.7 Å². The summed E-state index contributed by atoms with van der Waals surface area (Å²) in [6.45, 7) is 0. The smallest absolute Gasteiger partial charge is 0.164 e. The minimum Gasteiger partial charge on any atom is -0.456 e. The number of fused-ring (bicyclic) bond motifs is 9. The molecule has 0 atom stereocenters. The Labute approximate surface area is 361 Å². The Bertz CT molecular complexity index is 3920. The van der Waals surface area contributed by atoms with E-state index in [1.54, 1.807) is 0 Å². The van der Waals surface area contributed by atoms with E-state index < -0.39 is 0 Å². The lowest BCUT2D eigenvalue weighted by atomic mass is 9.99. The molecule has 0 spiro atoms. The summed E-state index contributed by atoms with van der Waals surface area (Å²) in [7, 11) is 0. The summed E-state index contributed by atoms with van der Waals surface area (Å²) in [5.41, 5.74) is 13.3. The normalized spacial score (nSPS) is 11.8. The van der Waals surface area contributed by atoms with Gasteiger partial charge in [-0.3, -0.25) is 0 Å². The number of aromatic nitrogens is 5. The molecule has 0 saturated heterocycles. The Balaban J connectivity index is 1.05. The maximum atomic E-state index is 6.22. The third-order valence-corrected chi connectivity index (χ3v) is 12.4. The number of rotatable bonds is 6. The predicted octanol–water partition coefficient (Wildman–Crippen LogP) is 14.6. The van der Waals surface area contributed by atoms with Gasteiger partial charge in [-0.2, -0.15) is 0 Å². The molecule has 0 radical (unpaired) electrons. The molecule has 13 aromatic rings. The Kier molecular flexibility index (Phi) is 7.80. The molecule has 0 amide bonds. The molecule has 6 nitrogen and oxygen atoms in total. The van der Waals surface area contributed by atoms with Gasteiger partial charge in [0.05, 0.1) is 27.8 Å². The fraction of sp³-hybridized carbons (Fsp3) is 0. The first-order chi connectivity index (χ1) is 31.2. The number of furan rings is 1. The topological polar surface area (TPSA) is 61.7 Å². The van der Waals surface area contributed by atoms with Crippen LogP contribution in [-0.4, -0.2) is 24.1 Å². The van der Waals surface area contributed by atoms with Crippen LogP contribution in [0.25, 0.3) is 122 Å². The summed E-state index contributed by atoms with van der Waals surface area (Å²) in [4.78, 5) is 15.8. The molecule has 0 aliphatic heterocycles. The van der Waals surface area contributed by atoms with Crippen LogP contribution in [0.2, 0.25) is 0 Å². The quantitative estimate of drug-likeness (QED) is 0.168. The summed E-state index contributed by atoms with van der Waals surface area (Å²) >= 11 is 0. The van der Waals surface area contributed by atoms with Crippen LogP contribution in [0.5, 0.6) is 0 Å². The van der Waals surface area contributed by atoms with Crippen LogP contribution in [0, 0.1) is 0 Å². The fourth-order valence-electron chi connectivity index (χ4n) is 9.57. The summed E-state index contributed by atoms with van der Waals surface area (Å²) in [6.07, 6.45) is 0. The minimum atomic E-state index is 0.591.